The number of carbonyl (C=O) groups is 1. The largest absolute Gasteiger partial charge is 0.353 e. The van der Waals surface area contributed by atoms with Gasteiger partial charge in [-0.05, 0) is 25.3 Å². The van der Waals surface area contributed by atoms with E-state index in [0.717, 1.165) is 25.7 Å². The van der Waals surface area contributed by atoms with Crippen molar-refractivity contribution < 1.29 is 14.3 Å². The fourth-order valence-electron chi connectivity index (χ4n) is 1.69. The molecule has 1 aliphatic heterocycles. The third-order valence-electron chi connectivity index (χ3n) is 2.54. The Bertz CT molecular complexity index is 332. The summed E-state index contributed by atoms with van der Waals surface area (Å²) in [5, 5.41) is 4.04. The molecule has 5 heteroatoms. The summed E-state index contributed by atoms with van der Waals surface area (Å²) < 4.78 is 12.7. The molecule has 0 amide bonds. The molecule has 1 atom stereocenters. The lowest BCUT2D eigenvalue weighted by molar-refractivity contribution is -0.163. The highest BCUT2D eigenvalue weighted by Crippen LogP contribution is 2.13. The number of hydrogen-bond acceptors (Lipinski definition) is 4. The van der Waals surface area contributed by atoms with Gasteiger partial charge in [0, 0.05) is 12.8 Å². The number of aldehydes is 1. The summed E-state index contributed by atoms with van der Waals surface area (Å²) in [6.45, 7) is 2.00. The Kier molecular flexibility index (Phi) is 4.07. The summed E-state index contributed by atoms with van der Waals surface area (Å²) in [7, 11) is 0. The smallest absolute Gasteiger partial charge is 0.170 e. The molecule has 0 N–H and O–H groups in total. The molecule has 0 bridgehead atoms. The minimum absolute atomic E-state index is 0.0603. The van der Waals surface area contributed by atoms with Crippen LogP contribution in [0, 0.1) is 0 Å². The Morgan fingerprint density at radius 2 is 2.56 bits per heavy atom. The molecule has 2 rings (SSSR count). The molecule has 1 fully saturated rings. The SMILES string of the molecule is O=Cc1ccn(CCOC2CCCCO2)n1. The van der Waals surface area contributed by atoms with Crippen molar-refractivity contribution >= 4 is 6.29 Å². The topological polar surface area (TPSA) is 53.4 Å². The number of rotatable bonds is 5. The van der Waals surface area contributed by atoms with Crippen LogP contribution in [0.3, 0.4) is 0 Å². The van der Waals surface area contributed by atoms with Crippen LogP contribution >= 0.6 is 0 Å². The average Bonchev–Trinajstić information content (AvgIpc) is 2.78. The van der Waals surface area contributed by atoms with E-state index in [9.17, 15) is 4.79 Å². The first-order valence-electron chi connectivity index (χ1n) is 5.60. The van der Waals surface area contributed by atoms with Gasteiger partial charge in [0.15, 0.2) is 12.6 Å². The van der Waals surface area contributed by atoms with E-state index < -0.39 is 0 Å². The average molecular weight is 224 g/mol. The van der Waals surface area contributed by atoms with Gasteiger partial charge in [-0.15, -0.1) is 0 Å². The maximum absolute atomic E-state index is 10.4. The van der Waals surface area contributed by atoms with Gasteiger partial charge in [0.25, 0.3) is 0 Å². The summed E-state index contributed by atoms with van der Waals surface area (Å²) in [5.74, 6) is 0. The van der Waals surface area contributed by atoms with Gasteiger partial charge in [0.1, 0.15) is 5.69 Å². The third-order valence-corrected chi connectivity index (χ3v) is 2.54. The molecule has 0 aliphatic carbocycles. The third kappa shape index (κ3) is 3.15. The monoisotopic (exact) mass is 224 g/mol. The van der Waals surface area contributed by atoms with Crippen LogP contribution in [0.15, 0.2) is 12.3 Å². The molecule has 1 unspecified atom stereocenters. The standard InChI is InChI=1S/C11H16N2O3/c14-9-10-4-5-13(12-10)6-8-16-11-3-1-2-7-15-11/h4-5,9,11H,1-3,6-8H2. The minimum Gasteiger partial charge on any atom is -0.353 e. The second-order valence-electron chi connectivity index (χ2n) is 3.79. The van der Waals surface area contributed by atoms with Crippen LogP contribution in [0.2, 0.25) is 0 Å². The van der Waals surface area contributed by atoms with Gasteiger partial charge in [-0.25, -0.2) is 0 Å². The lowest BCUT2D eigenvalue weighted by Gasteiger charge is -2.22. The van der Waals surface area contributed by atoms with Crippen molar-refractivity contribution in [1.29, 1.82) is 0 Å². The number of carbonyl (C=O) groups excluding carboxylic acids is 1. The van der Waals surface area contributed by atoms with E-state index >= 15 is 0 Å². The number of hydrogen-bond donors (Lipinski definition) is 0. The summed E-state index contributed by atoms with van der Waals surface area (Å²) in [6, 6.07) is 1.68. The van der Waals surface area contributed by atoms with E-state index in [1.54, 1.807) is 16.9 Å². The molecule has 1 saturated heterocycles. The lowest BCUT2D eigenvalue weighted by Crippen LogP contribution is -2.24. The molecule has 0 radical (unpaired) electrons. The molecular formula is C11H16N2O3. The van der Waals surface area contributed by atoms with Gasteiger partial charge in [-0.1, -0.05) is 0 Å². The van der Waals surface area contributed by atoms with Gasteiger partial charge in [0.2, 0.25) is 0 Å². The first-order valence-corrected chi connectivity index (χ1v) is 5.60. The van der Waals surface area contributed by atoms with Crippen LogP contribution in [-0.2, 0) is 16.0 Å². The van der Waals surface area contributed by atoms with Crippen LogP contribution in [-0.4, -0.2) is 35.6 Å². The van der Waals surface area contributed by atoms with E-state index in [4.69, 9.17) is 9.47 Å². The first kappa shape index (κ1) is 11.3. The van der Waals surface area contributed by atoms with E-state index in [1.165, 1.54) is 6.42 Å². The Morgan fingerprint density at radius 1 is 1.62 bits per heavy atom. The van der Waals surface area contributed by atoms with Crippen LogP contribution in [0.1, 0.15) is 29.8 Å². The molecular weight excluding hydrogens is 208 g/mol. The van der Waals surface area contributed by atoms with Crippen LogP contribution in [0.4, 0.5) is 0 Å². The second kappa shape index (κ2) is 5.77. The summed E-state index contributed by atoms with van der Waals surface area (Å²) in [4.78, 5) is 10.4. The molecule has 5 nitrogen and oxygen atoms in total. The maximum atomic E-state index is 10.4. The van der Waals surface area contributed by atoms with Crippen molar-refractivity contribution in [1.82, 2.24) is 9.78 Å². The van der Waals surface area contributed by atoms with Gasteiger partial charge in [-0.3, -0.25) is 9.48 Å². The van der Waals surface area contributed by atoms with Crippen LogP contribution in [0.25, 0.3) is 0 Å². The Morgan fingerprint density at radius 3 is 3.25 bits per heavy atom. The quantitative estimate of drug-likeness (QED) is 0.706. The predicted molar refractivity (Wildman–Crippen MR) is 57.2 cm³/mol. The van der Waals surface area contributed by atoms with Gasteiger partial charge < -0.3 is 9.47 Å². The van der Waals surface area contributed by atoms with E-state index in [1.807, 2.05) is 0 Å². The van der Waals surface area contributed by atoms with E-state index in [-0.39, 0.29) is 6.29 Å². The molecule has 1 aliphatic rings. The summed E-state index contributed by atoms with van der Waals surface area (Å²) in [6.07, 6.45) is 5.72. The van der Waals surface area contributed by atoms with Crippen molar-refractivity contribution in [3.8, 4) is 0 Å². The van der Waals surface area contributed by atoms with Crippen molar-refractivity contribution in [3.05, 3.63) is 18.0 Å². The van der Waals surface area contributed by atoms with E-state index in [0.29, 0.717) is 18.8 Å². The molecule has 0 spiro atoms. The molecule has 1 aromatic heterocycles. The zero-order valence-electron chi connectivity index (χ0n) is 9.17. The Hall–Kier alpha value is -1.20. The lowest BCUT2D eigenvalue weighted by atomic mass is 10.2. The number of ether oxygens (including phenoxy) is 2. The fraction of sp³-hybridized carbons (Fsp3) is 0.636. The number of nitrogens with zero attached hydrogens (tertiary/aromatic N) is 2. The predicted octanol–water partition coefficient (Wildman–Crippen LogP) is 1.24. The second-order valence-corrected chi connectivity index (χ2v) is 3.79. The van der Waals surface area contributed by atoms with Gasteiger partial charge in [-0.2, -0.15) is 5.10 Å². The summed E-state index contributed by atoms with van der Waals surface area (Å²) >= 11 is 0. The van der Waals surface area contributed by atoms with Crippen molar-refractivity contribution in [2.24, 2.45) is 0 Å². The van der Waals surface area contributed by atoms with Gasteiger partial charge >= 0.3 is 0 Å². The fourth-order valence-corrected chi connectivity index (χ4v) is 1.69. The Balaban J connectivity index is 1.68. The zero-order valence-corrected chi connectivity index (χ0v) is 9.17. The molecule has 88 valence electrons. The highest BCUT2D eigenvalue weighted by atomic mass is 16.7. The molecule has 0 saturated carbocycles. The zero-order chi connectivity index (χ0) is 11.2. The molecule has 2 heterocycles. The molecule has 1 aromatic rings. The Labute approximate surface area is 94.3 Å². The van der Waals surface area contributed by atoms with Crippen LogP contribution < -0.4 is 0 Å². The van der Waals surface area contributed by atoms with Crippen molar-refractivity contribution in [3.63, 3.8) is 0 Å². The highest BCUT2D eigenvalue weighted by molar-refractivity contribution is 5.71. The summed E-state index contributed by atoms with van der Waals surface area (Å²) in [5.41, 5.74) is 0.453. The molecule has 0 aromatic carbocycles. The number of aromatic nitrogens is 2. The minimum atomic E-state index is -0.0603. The molecule has 16 heavy (non-hydrogen) atoms. The van der Waals surface area contributed by atoms with Crippen LogP contribution in [0.5, 0.6) is 0 Å². The van der Waals surface area contributed by atoms with Crippen molar-refractivity contribution in [2.45, 2.75) is 32.1 Å². The highest BCUT2D eigenvalue weighted by Gasteiger charge is 2.13. The maximum Gasteiger partial charge on any atom is 0.170 e. The van der Waals surface area contributed by atoms with Gasteiger partial charge in [0.05, 0.1) is 13.2 Å². The normalized spacial score (nSPS) is 20.9. The first-order chi connectivity index (χ1) is 7.88. The van der Waals surface area contributed by atoms with Crippen molar-refractivity contribution in [2.75, 3.05) is 13.2 Å². The van der Waals surface area contributed by atoms with E-state index in [2.05, 4.69) is 5.10 Å².